The molecule has 0 aliphatic heterocycles. The first kappa shape index (κ1) is 17.9. The van der Waals surface area contributed by atoms with Crippen LogP contribution in [0.25, 0.3) is 0 Å². The molecule has 2 aromatic carbocycles. The lowest BCUT2D eigenvalue weighted by Crippen LogP contribution is -2.17. The van der Waals surface area contributed by atoms with E-state index in [0.717, 1.165) is 0 Å². The van der Waals surface area contributed by atoms with Crippen LogP contribution < -0.4 is 14.9 Å². The first-order chi connectivity index (χ1) is 11.5. The van der Waals surface area contributed by atoms with Gasteiger partial charge in [-0.3, -0.25) is 4.79 Å². The summed E-state index contributed by atoms with van der Waals surface area (Å²) in [7, 11) is 3.06. The molecule has 0 aliphatic rings. The van der Waals surface area contributed by atoms with Crippen molar-refractivity contribution in [2.24, 2.45) is 5.10 Å². The van der Waals surface area contributed by atoms with Crippen molar-refractivity contribution in [2.75, 3.05) is 14.2 Å². The summed E-state index contributed by atoms with van der Waals surface area (Å²) < 4.78 is 10.3. The van der Waals surface area contributed by atoms with E-state index in [9.17, 15) is 9.90 Å². The van der Waals surface area contributed by atoms with Gasteiger partial charge in [-0.1, -0.05) is 23.2 Å². The van der Waals surface area contributed by atoms with Crippen LogP contribution in [0.4, 0.5) is 0 Å². The number of phenols is 1. The number of benzene rings is 2. The van der Waals surface area contributed by atoms with Gasteiger partial charge in [-0.2, -0.15) is 5.10 Å². The number of hydrogen-bond donors (Lipinski definition) is 2. The third-order valence-corrected chi connectivity index (χ3v) is 3.57. The summed E-state index contributed by atoms with van der Waals surface area (Å²) in [6.45, 7) is 0. The first-order valence-corrected chi connectivity index (χ1v) is 7.45. The molecule has 0 aromatic heterocycles. The fourth-order valence-electron chi connectivity index (χ4n) is 1.90. The van der Waals surface area contributed by atoms with Gasteiger partial charge in [0.25, 0.3) is 5.91 Å². The molecule has 8 heteroatoms. The lowest BCUT2D eigenvalue weighted by atomic mass is 10.2. The second-order valence-electron chi connectivity index (χ2n) is 4.60. The van der Waals surface area contributed by atoms with Crippen molar-refractivity contribution in [1.82, 2.24) is 5.43 Å². The van der Waals surface area contributed by atoms with Crippen molar-refractivity contribution in [3.05, 3.63) is 51.5 Å². The minimum absolute atomic E-state index is 0.0171. The van der Waals surface area contributed by atoms with Gasteiger partial charge in [0.05, 0.1) is 31.0 Å². The first-order valence-electron chi connectivity index (χ1n) is 6.69. The zero-order chi connectivity index (χ0) is 17.7. The maximum Gasteiger partial charge on any atom is 0.275 e. The number of rotatable bonds is 5. The smallest absolute Gasteiger partial charge is 0.275 e. The zero-order valence-electron chi connectivity index (χ0n) is 12.8. The number of methoxy groups -OCH3 is 2. The zero-order valence-corrected chi connectivity index (χ0v) is 14.4. The summed E-state index contributed by atoms with van der Waals surface area (Å²) in [5.41, 5.74) is 2.90. The maximum atomic E-state index is 12.0. The van der Waals surface area contributed by atoms with Crippen LogP contribution in [0.2, 0.25) is 10.0 Å². The third kappa shape index (κ3) is 4.10. The lowest BCUT2D eigenvalue weighted by Gasteiger charge is -2.07. The van der Waals surface area contributed by atoms with E-state index in [-0.39, 0.29) is 21.4 Å². The molecule has 126 valence electrons. The van der Waals surface area contributed by atoms with Crippen LogP contribution >= 0.6 is 23.2 Å². The van der Waals surface area contributed by atoms with Crippen LogP contribution in [0.5, 0.6) is 17.2 Å². The van der Waals surface area contributed by atoms with Gasteiger partial charge in [0.2, 0.25) is 0 Å². The highest BCUT2D eigenvalue weighted by Crippen LogP contribution is 2.31. The number of carbonyl (C=O) groups is 1. The molecular formula is C16H14Cl2N2O4. The van der Waals surface area contributed by atoms with Gasteiger partial charge in [-0.25, -0.2) is 5.43 Å². The van der Waals surface area contributed by atoms with E-state index in [0.29, 0.717) is 17.1 Å². The average molecular weight is 369 g/mol. The van der Waals surface area contributed by atoms with Crippen LogP contribution in [0.3, 0.4) is 0 Å². The molecule has 2 rings (SSSR count). The van der Waals surface area contributed by atoms with Crippen molar-refractivity contribution < 1.29 is 19.4 Å². The number of carbonyl (C=O) groups excluding carboxylic acids is 1. The molecular weight excluding hydrogens is 355 g/mol. The largest absolute Gasteiger partial charge is 0.506 e. The van der Waals surface area contributed by atoms with Crippen molar-refractivity contribution in [3.8, 4) is 17.2 Å². The molecule has 24 heavy (non-hydrogen) atoms. The van der Waals surface area contributed by atoms with Crippen molar-refractivity contribution in [1.29, 1.82) is 0 Å². The summed E-state index contributed by atoms with van der Waals surface area (Å²) in [4.78, 5) is 12.0. The summed E-state index contributed by atoms with van der Waals surface area (Å²) in [5.74, 6) is 0.109. The Hall–Kier alpha value is -2.44. The Morgan fingerprint density at radius 3 is 2.54 bits per heavy atom. The number of ether oxygens (including phenoxy) is 2. The predicted octanol–water partition coefficient (Wildman–Crippen LogP) is 3.48. The Kier molecular flexibility index (Phi) is 5.89. The number of hydrogen-bond acceptors (Lipinski definition) is 5. The Morgan fingerprint density at radius 2 is 1.88 bits per heavy atom. The van der Waals surface area contributed by atoms with Crippen molar-refractivity contribution in [2.45, 2.75) is 0 Å². The van der Waals surface area contributed by atoms with Gasteiger partial charge in [0, 0.05) is 5.02 Å². The van der Waals surface area contributed by atoms with E-state index >= 15 is 0 Å². The number of phenolic OH excluding ortho intramolecular Hbond substituents is 1. The van der Waals surface area contributed by atoms with Crippen molar-refractivity contribution in [3.63, 3.8) is 0 Å². The predicted molar refractivity (Wildman–Crippen MR) is 92.7 cm³/mol. The van der Waals surface area contributed by atoms with Gasteiger partial charge in [0.15, 0.2) is 11.5 Å². The van der Waals surface area contributed by atoms with Gasteiger partial charge < -0.3 is 14.6 Å². The van der Waals surface area contributed by atoms with E-state index in [1.54, 1.807) is 18.2 Å². The summed E-state index contributed by atoms with van der Waals surface area (Å²) in [5, 5.41) is 13.8. The highest BCUT2D eigenvalue weighted by Gasteiger charge is 2.14. The minimum Gasteiger partial charge on any atom is -0.506 e. The second-order valence-corrected chi connectivity index (χ2v) is 5.44. The summed E-state index contributed by atoms with van der Waals surface area (Å²) in [6, 6.07) is 7.78. The SMILES string of the molecule is COc1ccc(/C=N/NC(=O)c2cc(Cl)cc(Cl)c2O)cc1OC. The molecule has 0 unspecified atom stereocenters. The highest BCUT2D eigenvalue weighted by atomic mass is 35.5. The van der Waals surface area contributed by atoms with Crippen LogP contribution in [-0.4, -0.2) is 31.4 Å². The standard InChI is InChI=1S/C16H14Cl2N2O4/c1-23-13-4-3-9(5-14(13)24-2)8-19-20-16(22)11-6-10(17)7-12(18)15(11)21/h3-8,21H,1-2H3,(H,20,22)/b19-8+. The minimum atomic E-state index is -0.645. The van der Waals surface area contributed by atoms with Crippen LogP contribution in [0.15, 0.2) is 35.4 Å². The number of nitrogens with zero attached hydrogens (tertiary/aromatic N) is 1. The topological polar surface area (TPSA) is 80.2 Å². The van der Waals surface area contributed by atoms with Gasteiger partial charge in [-0.05, 0) is 35.9 Å². The number of hydrazone groups is 1. The normalized spacial score (nSPS) is 10.7. The Bertz CT molecular complexity index is 794. The van der Waals surface area contributed by atoms with Gasteiger partial charge >= 0.3 is 0 Å². The number of aromatic hydroxyl groups is 1. The highest BCUT2D eigenvalue weighted by molar-refractivity contribution is 6.36. The molecule has 0 fully saturated rings. The molecule has 6 nitrogen and oxygen atoms in total. The molecule has 0 heterocycles. The van der Waals surface area contributed by atoms with Crippen LogP contribution in [0.1, 0.15) is 15.9 Å². The molecule has 0 atom stereocenters. The summed E-state index contributed by atoms with van der Waals surface area (Å²) >= 11 is 11.6. The van der Waals surface area contributed by atoms with Crippen LogP contribution in [0, 0.1) is 0 Å². The van der Waals surface area contributed by atoms with Crippen LogP contribution in [-0.2, 0) is 0 Å². The molecule has 0 saturated carbocycles. The number of halogens is 2. The molecule has 2 aromatic rings. The molecule has 2 N–H and O–H groups in total. The number of amides is 1. The molecule has 1 amide bonds. The molecule has 0 saturated heterocycles. The molecule has 0 bridgehead atoms. The van der Waals surface area contributed by atoms with E-state index in [1.807, 2.05) is 0 Å². The monoisotopic (exact) mass is 368 g/mol. The van der Waals surface area contributed by atoms with Crippen molar-refractivity contribution >= 4 is 35.3 Å². The quantitative estimate of drug-likeness (QED) is 0.625. The van der Waals surface area contributed by atoms with E-state index < -0.39 is 5.91 Å². The van der Waals surface area contributed by atoms with E-state index in [4.69, 9.17) is 32.7 Å². The fourth-order valence-corrected chi connectivity index (χ4v) is 2.39. The Morgan fingerprint density at radius 1 is 1.17 bits per heavy atom. The molecule has 0 radical (unpaired) electrons. The summed E-state index contributed by atoms with van der Waals surface area (Å²) in [6.07, 6.45) is 1.42. The van der Waals surface area contributed by atoms with E-state index in [2.05, 4.69) is 10.5 Å². The number of nitrogens with one attached hydrogen (secondary N) is 1. The molecule has 0 aliphatic carbocycles. The molecule has 0 spiro atoms. The second kappa shape index (κ2) is 7.90. The Balaban J connectivity index is 2.13. The third-order valence-electron chi connectivity index (χ3n) is 3.06. The van der Waals surface area contributed by atoms with Gasteiger partial charge in [0.1, 0.15) is 5.75 Å². The lowest BCUT2D eigenvalue weighted by molar-refractivity contribution is 0.0952. The Labute approximate surface area is 148 Å². The van der Waals surface area contributed by atoms with Gasteiger partial charge in [-0.15, -0.1) is 0 Å². The fraction of sp³-hybridized carbons (Fsp3) is 0.125. The maximum absolute atomic E-state index is 12.0. The van der Waals surface area contributed by atoms with E-state index in [1.165, 1.54) is 32.6 Å². The average Bonchev–Trinajstić information content (AvgIpc) is 2.57.